The van der Waals surface area contributed by atoms with Gasteiger partial charge >= 0.3 is 12.1 Å². The molecule has 2 aromatic carbocycles. The number of carbonyl (C=O) groups is 2. The van der Waals surface area contributed by atoms with Gasteiger partial charge < -0.3 is 10.1 Å². The van der Waals surface area contributed by atoms with Gasteiger partial charge in [0.2, 0.25) is 0 Å². The van der Waals surface area contributed by atoms with Gasteiger partial charge in [-0.1, -0.05) is 44.2 Å². The van der Waals surface area contributed by atoms with Crippen LogP contribution in [0.1, 0.15) is 35.3 Å². The molecule has 0 aromatic heterocycles. The summed E-state index contributed by atoms with van der Waals surface area (Å²) in [5.41, 5.74) is -1.23. The first-order valence-electron chi connectivity index (χ1n) is 8.47. The monoisotopic (exact) mass is 397 g/mol. The Morgan fingerprint density at radius 2 is 1.71 bits per heavy atom. The third-order valence-electron chi connectivity index (χ3n) is 3.97. The highest BCUT2D eigenvalue weighted by Crippen LogP contribution is 2.30. The Balaban J connectivity index is 2.13. The summed E-state index contributed by atoms with van der Waals surface area (Å²) in [5, 5.41) is 2.27. The predicted octanol–water partition coefficient (Wildman–Crippen LogP) is 4.34. The van der Waals surface area contributed by atoms with Gasteiger partial charge in [0.1, 0.15) is 18.5 Å². The second-order valence-corrected chi connectivity index (χ2v) is 6.48. The SMILES string of the molecule is CC(C)C(NC(=O)c1cc(C(F)(F)F)ccc1F)C(=O)OCc1ccccc1. The highest BCUT2D eigenvalue weighted by Gasteiger charge is 2.33. The molecule has 0 aliphatic rings. The molecule has 0 aliphatic carbocycles. The van der Waals surface area contributed by atoms with Crippen LogP contribution < -0.4 is 5.32 Å². The van der Waals surface area contributed by atoms with E-state index >= 15 is 0 Å². The molecule has 1 amide bonds. The Bertz CT molecular complexity index is 835. The Morgan fingerprint density at radius 3 is 2.29 bits per heavy atom. The van der Waals surface area contributed by atoms with Crippen LogP contribution in [0.25, 0.3) is 0 Å². The van der Waals surface area contributed by atoms with E-state index in [1.807, 2.05) is 0 Å². The van der Waals surface area contributed by atoms with Gasteiger partial charge in [-0.05, 0) is 29.7 Å². The molecule has 1 atom stereocenters. The van der Waals surface area contributed by atoms with Gasteiger partial charge in [-0.25, -0.2) is 9.18 Å². The number of hydrogen-bond donors (Lipinski definition) is 1. The van der Waals surface area contributed by atoms with Crippen molar-refractivity contribution in [1.29, 1.82) is 0 Å². The zero-order valence-corrected chi connectivity index (χ0v) is 15.2. The van der Waals surface area contributed by atoms with Crippen molar-refractivity contribution in [3.63, 3.8) is 0 Å². The van der Waals surface area contributed by atoms with Crippen LogP contribution >= 0.6 is 0 Å². The van der Waals surface area contributed by atoms with Gasteiger partial charge in [0.15, 0.2) is 0 Å². The number of hydrogen-bond acceptors (Lipinski definition) is 3. The molecule has 1 unspecified atom stereocenters. The summed E-state index contributed by atoms with van der Waals surface area (Å²) < 4.78 is 57.5. The fourth-order valence-corrected chi connectivity index (χ4v) is 2.41. The average Bonchev–Trinajstić information content (AvgIpc) is 2.64. The van der Waals surface area contributed by atoms with E-state index in [9.17, 15) is 27.2 Å². The molecule has 0 spiro atoms. The van der Waals surface area contributed by atoms with E-state index < -0.39 is 47.0 Å². The number of nitrogens with one attached hydrogen (secondary N) is 1. The molecule has 0 saturated carbocycles. The third kappa shape index (κ3) is 5.55. The molecule has 2 aromatic rings. The maximum absolute atomic E-state index is 13.9. The summed E-state index contributed by atoms with van der Waals surface area (Å²) in [7, 11) is 0. The molecule has 8 heteroatoms. The van der Waals surface area contributed by atoms with Crippen molar-refractivity contribution in [2.24, 2.45) is 5.92 Å². The van der Waals surface area contributed by atoms with Crippen LogP contribution in [-0.2, 0) is 22.3 Å². The molecule has 4 nitrogen and oxygen atoms in total. The van der Waals surface area contributed by atoms with Crippen molar-refractivity contribution < 1.29 is 31.9 Å². The number of halogens is 4. The Hall–Kier alpha value is -2.90. The highest BCUT2D eigenvalue weighted by atomic mass is 19.4. The minimum absolute atomic E-state index is 0.0311. The molecular formula is C20H19F4NO3. The summed E-state index contributed by atoms with van der Waals surface area (Å²) in [4.78, 5) is 24.6. The average molecular weight is 397 g/mol. The number of alkyl halides is 3. The lowest BCUT2D eigenvalue weighted by Crippen LogP contribution is -2.45. The Morgan fingerprint density at radius 1 is 1.07 bits per heavy atom. The molecule has 2 rings (SSSR count). The first-order chi connectivity index (χ1) is 13.1. The zero-order chi connectivity index (χ0) is 20.9. The third-order valence-corrected chi connectivity index (χ3v) is 3.97. The second-order valence-electron chi connectivity index (χ2n) is 6.48. The van der Waals surface area contributed by atoms with Crippen LogP contribution in [-0.4, -0.2) is 17.9 Å². The van der Waals surface area contributed by atoms with Gasteiger partial charge in [-0.2, -0.15) is 13.2 Å². The molecule has 28 heavy (non-hydrogen) atoms. The molecule has 0 bridgehead atoms. The lowest BCUT2D eigenvalue weighted by atomic mass is 10.0. The van der Waals surface area contributed by atoms with E-state index in [2.05, 4.69) is 5.32 Å². The summed E-state index contributed by atoms with van der Waals surface area (Å²) in [6, 6.07) is 9.19. The maximum atomic E-state index is 13.9. The minimum atomic E-state index is -4.73. The van der Waals surface area contributed by atoms with Crippen LogP contribution in [0, 0.1) is 11.7 Å². The Labute approximate surface area is 159 Å². The fourth-order valence-electron chi connectivity index (χ4n) is 2.41. The summed E-state index contributed by atoms with van der Waals surface area (Å²) in [5.74, 6) is -3.44. The van der Waals surface area contributed by atoms with Crippen LogP contribution in [0.5, 0.6) is 0 Å². The maximum Gasteiger partial charge on any atom is 0.416 e. The molecule has 1 N–H and O–H groups in total. The number of ether oxygens (including phenoxy) is 1. The topological polar surface area (TPSA) is 55.4 Å². The van der Waals surface area contributed by atoms with E-state index in [0.717, 1.165) is 5.56 Å². The van der Waals surface area contributed by atoms with Crippen LogP contribution in [0.4, 0.5) is 17.6 Å². The van der Waals surface area contributed by atoms with Crippen LogP contribution in [0.3, 0.4) is 0 Å². The second kappa shape index (κ2) is 8.86. The first-order valence-corrected chi connectivity index (χ1v) is 8.47. The van der Waals surface area contributed by atoms with Gasteiger partial charge in [0.25, 0.3) is 5.91 Å². The molecule has 0 aliphatic heterocycles. The number of carbonyl (C=O) groups excluding carboxylic acids is 2. The van der Waals surface area contributed by atoms with Crippen molar-refractivity contribution in [2.75, 3.05) is 0 Å². The quantitative estimate of drug-likeness (QED) is 0.583. The number of amides is 1. The highest BCUT2D eigenvalue weighted by molar-refractivity contribution is 5.97. The number of benzene rings is 2. The van der Waals surface area contributed by atoms with E-state index in [4.69, 9.17) is 4.74 Å². The van der Waals surface area contributed by atoms with Gasteiger partial charge in [-0.3, -0.25) is 4.79 Å². The molecule has 0 heterocycles. The molecule has 0 radical (unpaired) electrons. The number of esters is 1. The lowest BCUT2D eigenvalue weighted by molar-refractivity contribution is -0.148. The van der Waals surface area contributed by atoms with Crippen molar-refractivity contribution in [3.8, 4) is 0 Å². The van der Waals surface area contributed by atoms with Gasteiger partial charge in [0.05, 0.1) is 11.1 Å². The van der Waals surface area contributed by atoms with E-state index in [1.165, 1.54) is 0 Å². The molecule has 0 saturated heterocycles. The normalized spacial score (nSPS) is 12.5. The molecule has 0 fully saturated rings. The fraction of sp³-hybridized carbons (Fsp3) is 0.300. The standard InChI is InChI=1S/C20H19F4NO3/c1-12(2)17(19(27)28-11-13-6-4-3-5-7-13)25-18(26)15-10-14(20(22,23)24)8-9-16(15)21/h3-10,12,17H,11H2,1-2H3,(H,25,26). The van der Waals surface area contributed by atoms with Crippen molar-refractivity contribution in [1.82, 2.24) is 5.32 Å². The summed E-state index contributed by atoms with van der Waals surface area (Å²) >= 11 is 0. The zero-order valence-electron chi connectivity index (χ0n) is 15.2. The number of rotatable bonds is 6. The lowest BCUT2D eigenvalue weighted by Gasteiger charge is -2.21. The van der Waals surface area contributed by atoms with Crippen LogP contribution in [0.2, 0.25) is 0 Å². The van der Waals surface area contributed by atoms with Gasteiger partial charge in [-0.15, -0.1) is 0 Å². The van der Waals surface area contributed by atoms with Crippen molar-refractivity contribution in [3.05, 3.63) is 71.0 Å². The minimum Gasteiger partial charge on any atom is -0.459 e. The smallest absolute Gasteiger partial charge is 0.416 e. The Kier molecular flexibility index (Phi) is 6.77. The van der Waals surface area contributed by atoms with E-state index in [0.29, 0.717) is 18.2 Å². The van der Waals surface area contributed by atoms with Crippen molar-refractivity contribution in [2.45, 2.75) is 32.7 Å². The van der Waals surface area contributed by atoms with Crippen LogP contribution in [0.15, 0.2) is 48.5 Å². The first kappa shape index (κ1) is 21.4. The van der Waals surface area contributed by atoms with Crippen molar-refractivity contribution >= 4 is 11.9 Å². The summed E-state index contributed by atoms with van der Waals surface area (Å²) in [6.45, 7) is 3.21. The predicted molar refractivity (Wildman–Crippen MR) is 93.7 cm³/mol. The summed E-state index contributed by atoms with van der Waals surface area (Å²) in [6.07, 6.45) is -4.73. The van der Waals surface area contributed by atoms with E-state index in [-0.39, 0.29) is 6.61 Å². The molecular weight excluding hydrogens is 378 g/mol. The largest absolute Gasteiger partial charge is 0.459 e. The van der Waals surface area contributed by atoms with Gasteiger partial charge in [0, 0.05) is 0 Å². The van der Waals surface area contributed by atoms with E-state index in [1.54, 1.807) is 44.2 Å². The molecule has 150 valence electrons.